The summed E-state index contributed by atoms with van der Waals surface area (Å²) >= 11 is 1.25. The third kappa shape index (κ3) is 5.15. The van der Waals surface area contributed by atoms with Gasteiger partial charge in [0.1, 0.15) is 0 Å². The number of benzene rings is 1. The molecular formula is C18H12N4O5S. The Bertz CT molecular complexity index is 1040. The number of aromatic nitrogens is 3. The number of carbonyl (C=O) groups is 1. The number of carbonyl (C=O) groups excluding carboxylic acids is 1. The average molecular weight is 396 g/mol. The molecule has 3 rings (SSSR count). The van der Waals surface area contributed by atoms with Gasteiger partial charge in [0, 0.05) is 30.1 Å². The number of thioether (sulfide) groups is 1. The van der Waals surface area contributed by atoms with Crippen molar-refractivity contribution in [2.75, 3.05) is 12.4 Å². The Morgan fingerprint density at radius 2 is 2.04 bits per heavy atom. The number of rotatable bonds is 6. The van der Waals surface area contributed by atoms with Crippen LogP contribution in [0.5, 0.6) is 0 Å². The number of ether oxygens (including phenoxy) is 1. The maximum atomic E-state index is 11.9. The molecule has 0 saturated heterocycles. The van der Waals surface area contributed by atoms with Crippen LogP contribution >= 0.6 is 11.8 Å². The van der Waals surface area contributed by atoms with Gasteiger partial charge in [-0.1, -0.05) is 29.7 Å². The summed E-state index contributed by atoms with van der Waals surface area (Å²) in [5, 5.41) is 19.0. The van der Waals surface area contributed by atoms with Crippen LogP contribution in [0, 0.1) is 22.0 Å². The number of hydrogen-bond acceptors (Lipinski definition) is 9. The molecule has 140 valence electrons. The Kier molecular flexibility index (Phi) is 6.33. The molecule has 0 radical (unpaired) electrons. The first-order chi connectivity index (χ1) is 13.6. The van der Waals surface area contributed by atoms with E-state index in [9.17, 15) is 14.9 Å². The average Bonchev–Trinajstić information content (AvgIpc) is 3.20. The fraction of sp³-hybridized carbons (Fsp3) is 0.111. The van der Waals surface area contributed by atoms with E-state index in [0.717, 1.165) is 11.6 Å². The predicted molar refractivity (Wildman–Crippen MR) is 99.4 cm³/mol. The Morgan fingerprint density at radius 1 is 1.21 bits per heavy atom. The van der Waals surface area contributed by atoms with Gasteiger partial charge in [-0.2, -0.15) is 0 Å². The summed E-state index contributed by atoms with van der Waals surface area (Å²) in [7, 11) is 0. The van der Waals surface area contributed by atoms with Crippen molar-refractivity contribution in [2.24, 2.45) is 0 Å². The molecule has 2 aromatic heterocycles. The number of nitrogens with zero attached hydrogens (tertiary/aromatic N) is 4. The zero-order valence-corrected chi connectivity index (χ0v) is 15.1. The molecule has 0 N–H and O–H groups in total. The first-order valence-electron chi connectivity index (χ1n) is 7.87. The van der Waals surface area contributed by atoms with Crippen LogP contribution < -0.4 is 0 Å². The van der Waals surface area contributed by atoms with Crippen molar-refractivity contribution in [1.29, 1.82) is 0 Å². The van der Waals surface area contributed by atoms with E-state index < -0.39 is 10.9 Å². The van der Waals surface area contributed by atoms with Crippen molar-refractivity contribution in [3.8, 4) is 23.3 Å². The molecule has 0 aliphatic carbocycles. The van der Waals surface area contributed by atoms with Crippen LogP contribution in [-0.4, -0.2) is 38.4 Å². The van der Waals surface area contributed by atoms with E-state index in [1.807, 2.05) is 0 Å². The Balaban J connectivity index is 1.45. The second-order valence-corrected chi connectivity index (χ2v) is 6.06. The summed E-state index contributed by atoms with van der Waals surface area (Å²) in [6, 6.07) is 8.83. The lowest BCUT2D eigenvalue weighted by atomic mass is 10.2. The van der Waals surface area contributed by atoms with E-state index in [2.05, 4.69) is 27.0 Å². The lowest BCUT2D eigenvalue weighted by Gasteiger charge is -2.00. The van der Waals surface area contributed by atoms with E-state index >= 15 is 0 Å². The highest BCUT2D eigenvalue weighted by Crippen LogP contribution is 2.22. The smallest absolute Gasteiger partial charge is 0.339 e. The van der Waals surface area contributed by atoms with Crippen LogP contribution in [-0.2, 0) is 4.74 Å². The molecule has 1 aromatic carbocycles. The minimum Gasteiger partial charge on any atom is -0.449 e. The van der Waals surface area contributed by atoms with Crippen molar-refractivity contribution in [1.82, 2.24) is 15.2 Å². The first-order valence-corrected chi connectivity index (χ1v) is 8.86. The summed E-state index contributed by atoms with van der Waals surface area (Å²) in [5.41, 5.74) is 0.691. The molecule has 10 heteroatoms. The largest absolute Gasteiger partial charge is 0.449 e. The van der Waals surface area contributed by atoms with Crippen LogP contribution in [0.15, 0.2) is 58.4 Å². The molecule has 28 heavy (non-hydrogen) atoms. The number of nitro groups is 1. The standard InChI is InChI=1S/C18H12N4O5S/c23-17(14-4-3-5-15(12-14)22(24)25)26-10-1-2-11-28-18-21-20-16(27-18)13-6-8-19-9-7-13/h3-9,12H,10-11H2. The first kappa shape index (κ1) is 19.1. The van der Waals surface area contributed by atoms with E-state index in [4.69, 9.17) is 9.15 Å². The van der Waals surface area contributed by atoms with Gasteiger partial charge in [0.2, 0.25) is 5.89 Å². The van der Waals surface area contributed by atoms with Crippen LogP contribution in [0.25, 0.3) is 11.5 Å². The number of non-ortho nitro benzene ring substituents is 1. The fourth-order valence-electron chi connectivity index (χ4n) is 2.01. The highest BCUT2D eigenvalue weighted by molar-refractivity contribution is 7.99. The minimum absolute atomic E-state index is 0.0971. The highest BCUT2D eigenvalue weighted by Gasteiger charge is 2.12. The monoisotopic (exact) mass is 396 g/mol. The van der Waals surface area contributed by atoms with Crippen LogP contribution in [0.4, 0.5) is 5.69 Å². The lowest BCUT2D eigenvalue weighted by molar-refractivity contribution is -0.384. The predicted octanol–water partition coefficient (Wildman–Crippen LogP) is 2.99. The molecule has 0 fully saturated rings. The number of hydrogen-bond donors (Lipinski definition) is 0. The van der Waals surface area contributed by atoms with Gasteiger partial charge < -0.3 is 9.15 Å². The van der Waals surface area contributed by atoms with Gasteiger partial charge >= 0.3 is 5.97 Å². The Morgan fingerprint density at radius 3 is 2.82 bits per heavy atom. The molecule has 2 heterocycles. The van der Waals surface area contributed by atoms with Gasteiger partial charge in [-0.25, -0.2) is 4.79 Å². The van der Waals surface area contributed by atoms with E-state index in [1.165, 1.54) is 30.0 Å². The van der Waals surface area contributed by atoms with E-state index in [1.54, 1.807) is 24.5 Å². The second-order valence-electron chi connectivity index (χ2n) is 5.13. The fourth-order valence-corrected chi connectivity index (χ4v) is 2.54. The zero-order valence-electron chi connectivity index (χ0n) is 14.3. The van der Waals surface area contributed by atoms with Gasteiger partial charge in [0.05, 0.1) is 16.2 Å². The number of nitro benzene ring substituents is 1. The number of esters is 1. The van der Waals surface area contributed by atoms with Crippen LogP contribution in [0.3, 0.4) is 0 Å². The molecule has 0 bridgehead atoms. The Hall–Kier alpha value is -3.71. The molecule has 0 unspecified atom stereocenters. The number of pyridine rings is 1. The molecule has 0 spiro atoms. The molecular weight excluding hydrogens is 384 g/mol. The topological polar surface area (TPSA) is 121 Å². The van der Waals surface area contributed by atoms with Gasteiger partial charge in [-0.15, -0.1) is 10.2 Å². The normalized spacial score (nSPS) is 10.0. The van der Waals surface area contributed by atoms with Gasteiger partial charge in [0.15, 0.2) is 6.61 Å². The SMILES string of the molecule is O=C(OCC#CCSc1nnc(-c2ccncc2)o1)c1cccc([N+](=O)[O-])c1. The second kappa shape index (κ2) is 9.29. The van der Waals surface area contributed by atoms with E-state index in [-0.39, 0.29) is 17.9 Å². The van der Waals surface area contributed by atoms with Crippen LogP contribution in [0.2, 0.25) is 0 Å². The molecule has 0 saturated carbocycles. The van der Waals surface area contributed by atoms with Crippen molar-refractivity contribution in [3.63, 3.8) is 0 Å². The minimum atomic E-state index is -0.676. The van der Waals surface area contributed by atoms with Gasteiger partial charge in [-0.05, 0) is 18.2 Å². The molecule has 9 nitrogen and oxygen atoms in total. The molecule has 0 amide bonds. The van der Waals surface area contributed by atoms with Gasteiger partial charge in [-0.3, -0.25) is 15.1 Å². The van der Waals surface area contributed by atoms with Crippen LogP contribution in [0.1, 0.15) is 10.4 Å². The van der Waals surface area contributed by atoms with Crippen molar-refractivity contribution in [3.05, 3.63) is 64.5 Å². The summed E-state index contributed by atoms with van der Waals surface area (Å²) in [5.74, 6) is 5.58. The maximum Gasteiger partial charge on any atom is 0.339 e. The summed E-state index contributed by atoms with van der Waals surface area (Å²) in [6.45, 7) is -0.131. The third-order valence-corrected chi connectivity index (χ3v) is 4.00. The summed E-state index contributed by atoms with van der Waals surface area (Å²) < 4.78 is 10.5. The molecule has 0 aliphatic rings. The third-order valence-electron chi connectivity index (χ3n) is 3.29. The van der Waals surface area contributed by atoms with Crippen molar-refractivity contribution in [2.45, 2.75) is 5.22 Å². The van der Waals surface area contributed by atoms with E-state index in [0.29, 0.717) is 16.9 Å². The molecule has 3 aromatic rings. The van der Waals surface area contributed by atoms with Gasteiger partial charge in [0.25, 0.3) is 10.9 Å². The van der Waals surface area contributed by atoms with Crippen molar-refractivity contribution < 1.29 is 18.9 Å². The van der Waals surface area contributed by atoms with Crippen molar-refractivity contribution >= 4 is 23.4 Å². The Labute approximate surface area is 163 Å². The highest BCUT2D eigenvalue weighted by atomic mass is 32.2. The molecule has 0 aliphatic heterocycles. The quantitative estimate of drug-likeness (QED) is 0.203. The lowest BCUT2D eigenvalue weighted by Crippen LogP contribution is -2.05. The maximum absolute atomic E-state index is 11.9. The molecule has 0 atom stereocenters. The summed E-state index contributed by atoms with van der Waals surface area (Å²) in [6.07, 6.45) is 3.26. The zero-order chi connectivity index (χ0) is 19.8. The summed E-state index contributed by atoms with van der Waals surface area (Å²) in [4.78, 5) is 25.9.